The molecule has 2 aliphatic rings. The first-order chi connectivity index (χ1) is 8.20. The third-order valence-corrected chi connectivity index (χ3v) is 4.18. The van der Waals surface area contributed by atoms with E-state index in [1.165, 1.54) is 6.42 Å². The second-order valence-corrected chi connectivity index (χ2v) is 5.38. The van der Waals surface area contributed by atoms with Crippen LogP contribution in [0.15, 0.2) is 5.16 Å². The van der Waals surface area contributed by atoms with Gasteiger partial charge < -0.3 is 20.9 Å². The van der Waals surface area contributed by atoms with Gasteiger partial charge in [0, 0.05) is 25.4 Å². The Morgan fingerprint density at radius 3 is 2.82 bits per heavy atom. The summed E-state index contributed by atoms with van der Waals surface area (Å²) in [5.74, 6) is 1.55. The highest BCUT2D eigenvalue weighted by Crippen LogP contribution is 2.37. The zero-order chi connectivity index (χ0) is 12.3. The summed E-state index contributed by atoms with van der Waals surface area (Å²) in [7, 11) is 0. The summed E-state index contributed by atoms with van der Waals surface area (Å²) in [6.45, 7) is 3.26. The van der Waals surface area contributed by atoms with Gasteiger partial charge in [0.25, 0.3) is 0 Å². The summed E-state index contributed by atoms with van der Waals surface area (Å²) in [5.41, 5.74) is 5.41. The number of aliphatic hydroxyl groups is 1. The van der Waals surface area contributed by atoms with Crippen LogP contribution in [0, 0.1) is 11.8 Å². The number of hydrogen-bond acceptors (Lipinski definition) is 4. The number of aliphatic hydroxyl groups excluding tert-OH is 1. The lowest BCUT2D eigenvalue weighted by Gasteiger charge is -2.17. The second-order valence-electron chi connectivity index (χ2n) is 5.38. The van der Waals surface area contributed by atoms with Crippen molar-refractivity contribution in [3.63, 3.8) is 0 Å². The zero-order valence-electron chi connectivity index (χ0n) is 10.3. The number of amidine groups is 1. The molecule has 3 unspecified atom stereocenters. The SMILES string of the molecule is NC(CCCCN1CC2CCC(O)C2C1)=NO. The lowest BCUT2D eigenvalue weighted by Crippen LogP contribution is -2.26. The van der Waals surface area contributed by atoms with E-state index in [0.717, 1.165) is 38.9 Å². The molecule has 1 aliphatic carbocycles. The van der Waals surface area contributed by atoms with Gasteiger partial charge in [-0.2, -0.15) is 0 Å². The molecule has 98 valence electrons. The summed E-state index contributed by atoms with van der Waals surface area (Å²) >= 11 is 0. The van der Waals surface area contributed by atoms with Gasteiger partial charge in [-0.05, 0) is 38.1 Å². The van der Waals surface area contributed by atoms with Gasteiger partial charge in [0.15, 0.2) is 0 Å². The molecule has 0 amide bonds. The van der Waals surface area contributed by atoms with E-state index in [9.17, 15) is 5.11 Å². The monoisotopic (exact) mass is 241 g/mol. The van der Waals surface area contributed by atoms with Gasteiger partial charge in [-0.15, -0.1) is 0 Å². The van der Waals surface area contributed by atoms with E-state index in [2.05, 4.69) is 10.1 Å². The Hall–Kier alpha value is -0.810. The van der Waals surface area contributed by atoms with Crippen molar-refractivity contribution in [2.45, 2.75) is 38.2 Å². The predicted molar refractivity (Wildman–Crippen MR) is 65.9 cm³/mol. The Kier molecular flexibility index (Phi) is 4.23. The van der Waals surface area contributed by atoms with E-state index in [4.69, 9.17) is 10.9 Å². The number of likely N-dealkylation sites (tertiary alicyclic amines) is 1. The molecule has 0 aromatic carbocycles. The van der Waals surface area contributed by atoms with Gasteiger partial charge in [-0.3, -0.25) is 0 Å². The third kappa shape index (κ3) is 3.10. The Labute approximate surface area is 102 Å². The van der Waals surface area contributed by atoms with E-state index in [1.807, 2.05) is 0 Å². The number of hydrogen-bond donors (Lipinski definition) is 3. The Morgan fingerprint density at radius 2 is 2.12 bits per heavy atom. The molecule has 2 rings (SSSR count). The smallest absolute Gasteiger partial charge is 0.139 e. The number of rotatable bonds is 5. The molecule has 0 aromatic rings. The van der Waals surface area contributed by atoms with Crippen molar-refractivity contribution in [1.29, 1.82) is 0 Å². The highest BCUT2D eigenvalue weighted by atomic mass is 16.4. The van der Waals surface area contributed by atoms with Crippen LogP contribution in [-0.2, 0) is 0 Å². The molecule has 0 spiro atoms. The van der Waals surface area contributed by atoms with Crippen LogP contribution in [0.4, 0.5) is 0 Å². The molecular formula is C12H23N3O2. The van der Waals surface area contributed by atoms with Crippen LogP contribution in [0.1, 0.15) is 32.1 Å². The zero-order valence-corrected chi connectivity index (χ0v) is 10.3. The van der Waals surface area contributed by atoms with Crippen molar-refractivity contribution in [2.75, 3.05) is 19.6 Å². The summed E-state index contributed by atoms with van der Waals surface area (Å²) < 4.78 is 0. The van der Waals surface area contributed by atoms with E-state index < -0.39 is 0 Å². The van der Waals surface area contributed by atoms with Gasteiger partial charge in [-0.1, -0.05) is 5.16 Å². The first-order valence-corrected chi connectivity index (χ1v) is 6.57. The lowest BCUT2D eigenvalue weighted by molar-refractivity contribution is 0.124. The molecule has 0 radical (unpaired) electrons. The van der Waals surface area contributed by atoms with Gasteiger partial charge >= 0.3 is 0 Å². The van der Waals surface area contributed by atoms with Crippen LogP contribution in [0.3, 0.4) is 0 Å². The second kappa shape index (κ2) is 5.69. The van der Waals surface area contributed by atoms with E-state index in [-0.39, 0.29) is 6.10 Å². The average Bonchev–Trinajstić information content (AvgIpc) is 2.87. The fourth-order valence-corrected chi connectivity index (χ4v) is 3.20. The van der Waals surface area contributed by atoms with E-state index in [0.29, 0.717) is 24.1 Å². The minimum Gasteiger partial charge on any atom is -0.409 e. The van der Waals surface area contributed by atoms with E-state index in [1.54, 1.807) is 0 Å². The van der Waals surface area contributed by atoms with Gasteiger partial charge in [0.05, 0.1) is 6.10 Å². The highest BCUT2D eigenvalue weighted by Gasteiger charge is 2.41. The van der Waals surface area contributed by atoms with Crippen molar-refractivity contribution in [3.8, 4) is 0 Å². The maximum atomic E-state index is 9.81. The fraction of sp³-hybridized carbons (Fsp3) is 0.917. The van der Waals surface area contributed by atoms with Crippen LogP contribution < -0.4 is 5.73 Å². The number of nitrogens with two attached hydrogens (primary N) is 1. The largest absolute Gasteiger partial charge is 0.409 e. The molecular weight excluding hydrogens is 218 g/mol. The van der Waals surface area contributed by atoms with Gasteiger partial charge in [0.2, 0.25) is 0 Å². The predicted octanol–water partition coefficient (Wildman–Crippen LogP) is 0.606. The van der Waals surface area contributed by atoms with Crippen LogP contribution >= 0.6 is 0 Å². The molecule has 0 aromatic heterocycles. The van der Waals surface area contributed by atoms with Crippen LogP contribution in [0.5, 0.6) is 0 Å². The maximum Gasteiger partial charge on any atom is 0.139 e. The number of unbranched alkanes of at least 4 members (excludes halogenated alkanes) is 1. The summed E-state index contributed by atoms with van der Waals surface area (Å²) in [5, 5.41) is 21.2. The van der Waals surface area contributed by atoms with Crippen molar-refractivity contribution >= 4 is 5.84 Å². The summed E-state index contributed by atoms with van der Waals surface area (Å²) in [6.07, 6.45) is 4.82. The van der Waals surface area contributed by atoms with Crippen LogP contribution in [0.2, 0.25) is 0 Å². The van der Waals surface area contributed by atoms with Crippen molar-refractivity contribution in [1.82, 2.24) is 4.90 Å². The first kappa shape index (κ1) is 12.6. The molecule has 2 fully saturated rings. The first-order valence-electron chi connectivity index (χ1n) is 6.57. The molecule has 5 heteroatoms. The van der Waals surface area contributed by atoms with E-state index >= 15 is 0 Å². The normalized spacial score (nSPS) is 34.2. The number of fused-ring (bicyclic) bond motifs is 1. The number of nitrogens with zero attached hydrogens (tertiary/aromatic N) is 2. The fourth-order valence-electron chi connectivity index (χ4n) is 3.20. The molecule has 0 bridgehead atoms. The van der Waals surface area contributed by atoms with Crippen molar-refractivity contribution in [2.24, 2.45) is 22.7 Å². The highest BCUT2D eigenvalue weighted by molar-refractivity contribution is 5.79. The quantitative estimate of drug-likeness (QED) is 0.216. The minimum absolute atomic E-state index is 0.0674. The molecule has 1 heterocycles. The van der Waals surface area contributed by atoms with Crippen molar-refractivity contribution < 1.29 is 10.3 Å². The summed E-state index contributed by atoms with van der Waals surface area (Å²) in [4.78, 5) is 2.45. The van der Waals surface area contributed by atoms with Crippen LogP contribution in [0.25, 0.3) is 0 Å². The Morgan fingerprint density at radius 1 is 1.29 bits per heavy atom. The number of oxime groups is 1. The molecule has 17 heavy (non-hydrogen) atoms. The maximum absolute atomic E-state index is 9.81. The molecule has 3 atom stereocenters. The Balaban J connectivity index is 1.62. The topological polar surface area (TPSA) is 82.1 Å². The molecule has 5 nitrogen and oxygen atoms in total. The van der Waals surface area contributed by atoms with Gasteiger partial charge in [0.1, 0.15) is 5.84 Å². The lowest BCUT2D eigenvalue weighted by atomic mass is 10.00. The molecule has 1 aliphatic heterocycles. The minimum atomic E-state index is -0.0674. The van der Waals surface area contributed by atoms with Crippen molar-refractivity contribution in [3.05, 3.63) is 0 Å². The third-order valence-electron chi connectivity index (χ3n) is 4.18. The average molecular weight is 241 g/mol. The van der Waals surface area contributed by atoms with Crippen LogP contribution in [-0.4, -0.2) is 46.8 Å². The molecule has 1 saturated heterocycles. The van der Waals surface area contributed by atoms with Gasteiger partial charge in [-0.25, -0.2) is 0 Å². The summed E-state index contributed by atoms with van der Waals surface area (Å²) in [6, 6.07) is 0. The molecule has 1 saturated carbocycles. The Bertz CT molecular complexity index is 283. The standard InChI is InChI=1S/C12H23N3O2/c13-12(14-17)3-1-2-6-15-7-9-4-5-11(16)10(9)8-15/h9-11,16-17H,1-8H2,(H2,13,14). The molecule has 4 N–H and O–H groups in total.